The van der Waals surface area contributed by atoms with Crippen LogP contribution in [0.1, 0.15) is 26.2 Å². The van der Waals surface area contributed by atoms with E-state index >= 15 is 0 Å². The molecule has 4 nitrogen and oxygen atoms in total. The van der Waals surface area contributed by atoms with Crippen LogP contribution in [0.3, 0.4) is 0 Å². The highest BCUT2D eigenvalue weighted by Crippen LogP contribution is 2.54. The van der Waals surface area contributed by atoms with E-state index in [0.717, 1.165) is 24.7 Å². The first-order valence-electron chi connectivity index (χ1n) is 6.66. The molecule has 2 aliphatic rings. The molecule has 4 heteroatoms. The minimum Gasteiger partial charge on any atom is -0.476 e. The molecule has 1 heterocycles. The molecule has 0 aliphatic heterocycles. The first kappa shape index (κ1) is 11.5. The highest BCUT2D eigenvalue weighted by Gasteiger charge is 2.48. The van der Waals surface area contributed by atoms with Crippen LogP contribution in [0.2, 0.25) is 0 Å². The molecule has 0 aromatic carbocycles. The van der Waals surface area contributed by atoms with Gasteiger partial charge >= 0.3 is 0 Å². The molecular weight excluding hydrogens is 228 g/mol. The fourth-order valence-corrected chi connectivity index (χ4v) is 2.90. The van der Waals surface area contributed by atoms with E-state index in [9.17, 15) is 4.79 Å². The molecule has 3 rings (SSSR count). The van der Waals surface area contributed by atoms with E-state index in [-0.39, 0.29) is 11.8 Å². The summed E-state index contributed by atoms with van der Waals surface area (Å²) in [6.45, 7) is 2.46. The maximum Gasteiger partial charge on any atom is 0.237 e. The van der Waals surface area contributed by atoms with Crippen LogP contribution in [0.5, 0.6) is 5.88 Å². The molecule has 0 spiro atoms. The van der Waals surface area contributed by atoms with Crippen molar-refractivity contribution in [2.24, 2.45) is 17.8 Å². The maximum atomic E-state index is 12.1. The predicted molar refractivity (Wildman–Crippen MR) is 68.4 cm³/mol. The lowest BCUT2D eigenvalue weighted by Gasteiger charge is -2.14. The molecule has 0 bridgehead atoms. The lowest BCUT2D eigenvalue weighted by molar-refractivity contribution is -0.120. The van der Waals surface area contributed by atoms with Crippen LogP contribution in [0.25, 0.3) is 0 Å². The molecule has 0 saturated heterocycles. The first-order valence-corrected chi connectivity index (χ1v) is 6.66. The van der Waals surface area contributed by atoms with Crippen molar-refractivity contribution >= 4 is 11.6 Å². The van der Waals surface area contributed by atoms with Crippen LogP contribution in [0, 0.1) is 17.8 Å². The van der Waals surface area contributed by atoms with E-state index in [1.807, 2.05) is 19.1 Å². The zero-order chi connectivity index (χ0) is 12.5. The van der Waals surface area contributed by atoms with Gasteiger partial charge in [0.25, 0.3) is 0 Å². The second kappa shape index (κ2) is 4.59. The first-order chi connectivity index (χ1) is 8.78. The van der Waals surface area contributed by atoms with E-state index in [4.69, 9.17) is 4.74 Å². The fraction of sp³-hybridized carbons (Fsp3) is 0.571. The van der Waals surface area contributed by atoms with Gasteiger partial charge in [0.15, 0.2) is 0 Å². The van der Waals surface area contributed by atoms with Crippen LogP contribution in [-0.4, -0.2) is 17.5 Å². The summed E-state index contributed by atoms with van der Waals surface area (Å²) in [5, 5.41) is 2.95. The summed E-state index contributed by atoms with van der Waals surface area (Å²) >= 11 is 0. The third kappa shape index (κ3) is 2.19. The Morgan fingerprint density at radius 3 is 2.94 bits per heavy atom. The van der Waals surface area contributed by atoms with Crippen LogP contribution in [0.4, 0.5) is 5.69 Å². The van der Waals surface area contributed by atoms with Crippen LogP contribution < -0.4 is 10.1 Å². The van der Waals surface area contributed by atoms with Crippen LogP contribution in [0.15, 0.2) is 18.3 Å². The number of rotatable bonds is 4. The van der Waals surface area contributed by atoms with Gasteiger partial charge in [-0.1, -0.05) is 0 Å². The Labute approximate surface area is 107 Å². The van der Waals surface area contributed by atoms with Gasteiger partial charge < -0.3 is 10.1 Å². The summed E-state index contributed by atoms with van der Waals surface area (Å²) in [4.78, 5) is 16.3. The summed E-state index contributed by atoms with van der Waals surface area (Å²) in [6, 6.07) is 3.65. The Balaban J connectivity index is 1.66. The van der Waals surface area contributed by atoms with Gasteiger partial charge in [-0.3, -0.25) is 4.79 Å². The number of carbonyl (C=O) groups excluding carboxylic acids is 1. The van der Waals surface area contributed by atoms with Gasteiger partial charge in [0.05, 0.1) is 6.61 Å². The lowest BCUT2D eigenvalue weighted by Crippen LogP contribution is -2.22. The second-order valence-corrected chi connectivity index (χ2v) is 5.20. The Morgan fingerprint density at radius 1 is 1.44 bits per heavy atom. The molecule has 2 atom stereocenters. The topological polar surface area (TPSA) is 51.2 Å². The number of pyridine rings is 1. The van der Waals surface area contributed by atoms with Gasteiger partial charge in [-0.2, -0.15) is 0 Å². The number of aromatic nitrogens is 1. The molecule has 1 N–H and O–H groups in total. The number of nitrogens with zero attached hydrogens (tertiary/aromatic N) is 1. The number of anilines is 1. The Morgan fingerprint density at radius 2 is 2.22 bits per heavy atom. The van der Waals surface area contributed by atoms with E-state index < -0.39 is 0 Å². The molecule has 96 valence electrons. The van der Waals surface area contributed by atoms with Crippen molar-refractivity contribution in [1.82, 2.24) is 4.98 Å². The average molecular weight is 246 g/mol. The number of hydrogen-bond acceptors (Lipinski definition) is 3. The Bertz CT molecular complexity index is 451. The van der Waals surface area contributed by atoms with Crippen molar-refractivity contribution in [1.29, 1.82) is 0 Å². The second-order valence-electron chi connectivity index (χ2n) is 5.20. The van der Waals surface area contributed by atoms with Gasteiger partial charge in [0.2, 0.25) is 11.8 Å². The van der Waals surface area contributed by atoms with Crippen molar-refractivity contribution < 1.29 is 9.53 Å². The largest absolute Gasteiger partial charge is 0.476 e. The minimum absolute atomic E-state index is 0.121. The maximum absolute atomic E-state index is 12.1. The summed E-state index contributed by atoms with van der Waals surface area (Å²) in [5.74, 6) is 2.46. The van der Waals surface area contributed by atoms with Crippen molar-refractivity contribution in [2.45, 2.75) is 26.2 Å². The van der Waals surface area contributed by atoms with Crippen molar-refractivity contribution in [3.05, 3.63) is 18.3 Å². The molecular formula is C14H18N2O2. The standard InChI is InChI=1S/C14H18N2O2/c1-2-18-14-12(4-3-5-15-14)16-13(17)11-7-9-6-10(9)8-11/h3-5,9-11H,2,6-8H2,1H3,(H,16,17). The van der Waals surface area contributed by atoms with Crippen LogP contribution >= 0.6 is 0 Å². The van der Waals surface area contributed by atoms with E-state index in [1.54, 1.807) is 6.20 Å². The molecule has 1 aromatic rings. The molecule has 1 aromatic heterocycles. The summed E-state index contributed by atoms with van der Waals surface area (Å²) in [7, 11) is 0. The molecule has 0 radical (unpaired) electrons. The molecule has 2 unspecified atom stereocenters. The highest BCUT2D eigenvalue weighted by molar-refractivity contribution is 5.93. The molecule has 2 fully saturated rings. The van der Waals surface area contributed by atoms with Gasteiger partial charge in [0.1, 0.15) is 5.69 Å². The highest BCUT2D eigenvalue weighted by atomic mass is 16.5. The zero-order valence-electron chi connectivity index (χ0n) is 10.6. The summed E-state index contributed by atoms with van der Waals surface area (Å²) in [5.41, 5.74) is 0.685. The minimum atomic E-state index is 0.121. The SMILES string of the molecule is CCOc1ncccc1NC(=O)C1CC2CC2C1. The molecule has 2 aliphatic carbocycles. The fourth-order valence-electron chi connectivity index (χ4n) is 2.90. The zero-order valence-corrected chi connectivity index (χ0v) is 10.6. The van der Waals surface area contributed by atoms with Gasteiger partial charge in [-0.25, -0.2) is 4.98 Å². The van der Waals surface area contributed by atoms with E-state index in [2.05, 4.69) is 10.3 Å². The average Bonchev–Trinajstić information content (AvgIpc) is 2.99. The molecule has 2 saturated carbocycles. The molecule has 1 amide bonds. The molecule has 18 heavy (non-hydrogen) atoms. The number of fused-ring (bicyclic) bond motifs is 1. The smallest absolute Gasteiger partial charge is 0.237 e. The quantitative estimate of drug-likeness (QED) is 0.887. The third-order valence-electron chi connectivity index (χ3n) is 3.92. The van der Waals surface area contributed by atoms with Gasteiger partial charge in [-0.15, -0.1) is 0 Å². The summed E-state index contributed by atoms with van der Waals surface area (Å²) < 4.78 is 5.40. The summed E-state index contributed by atoms with van der Waals surface area (Å²) in [6.07, 6.45) is 5.12. The lowest BCUT2D eigenvalue weighted by atomic mass is 10.0. The van der Waals surface area contributed by atoms with Gasteiger partial charge in [0, 0.05) is 12.1 Å². The Kier molecular flexibility index (Phi) is 2.94. The van der Waals surface area contributed by atoms with Gasteiger partial charge in [-0.05, 0) is 50.2 Å². The van der Waals surface area contributed by atoms with E-state index in [1.165, 1.54) is 6.42 Å². The third-order valence-corrected chi connectivity index (χ3v) is 3.92. The monoisotopic (exact) mass is 246 g/mol. The normalized spacial score (nSPS) is 28.6. The number of hydrogen-bond donors (Lipinski definition) is 1. The Hall–Kier alpha value is -1.58. The van der Waals surface area contributed by atoms with Crippen molar-refractivity contribution in [2.75, 3.05) is 11.9 Å². The van der Waals surface area contributed by atoms with Crippen LogP contribution in [-0.2, 0) is 4.79 Å². The van der Waals surface area contributed by atoms with E-state index in [0.29, 0.717) is 18.2 Å². The number of nitrogens with one attached hydrogen (secondary N) is 1. The predicted octanol–water partition coefficient (Wildman–Crippen LogP) is 2.46. The van der Waals surface area contributed by atoms with Crippen molar-refractivity contribution in [3.8, 4) is 5.88 Å². The number of ether oxygens (including phenoxy) is 1. The number of amides is 1. The van der Waals surface area contributed by atoms with Crippen molar-refractivity contribution in [3.63, 3.8) is 0 Å². The number of carbonyl (C=O) groups is 1.